The number of halogens is 1. The molecule has 2 N–H and O–H groups in total. The molecule has 0 saturated carbocycles. The Morgan fingerprint density at radius 3 is 2.62 bits per heavy atom. The summed E-state index contributed by atoms with van der Waals surface area (Å²) in [5, 5.41) is 0. The van der Waals surface area contributed by atoms with Gasteiger partial charge >= 0.3 is 0 Å². The number of likely N-dealkylation sites (tertiary alicyclic amines) is 1. The number of hydrogen-bond donors (Lipinski definition) is 1. The van der Waals surface area contributed by atoms with Crippen LogP contribution in [0.3, 0.4) is 0 Å². The smallest absolute Gasteiger partial charge is 0.222 e. The molecule has 3 nitrogen and oxygen atoms in total. The van der Waals surface area contributed by atoms with E-state index in [4.69, 9.17) is 17.3 Å². The molecule has 1 fully saturated rings. The second kappa shape index (κ2) is 5.45. The molecule has 1 saturated heterocycles. The first-order chi connectivity index (χ1) is 6.24. The summed E-state index contributed by atoms with van der Waals surface area (Å²) in [5.74, 6) is 0.798. The van der Waals surface area contributed by atoms with Crippen molar-refractivity contribution in [1.29, 1.82) is 0 Å². The Bertz CT molecular complexity index is 167. The van der Waals surface area contributed by atoms with E-state index < -0.39 is 0 Å². The first kappa shape index (κ1) is 10.8. The third-order valence-corrected chi connectivity index (χ3v) is 2.68. The lowest BCUT2D eigenvalue weighted by Crippen LogP contribution is -2.42. The molecule has 13 heavy (non-hydrogen) atoms. The van der Waals surface area contributed by atoms with Crippen LogP contribution in [0.25, 0.3) is 0 Å². The van der Waals surface area contributed by atoms with Crippen molar-refractivity contribution in [3.63, 3.8) is 0 Å². The maximum Gasteiger partial charge on any atom is 0.222 e. The van der Waals surface area contributed by atoms with Gasteiger partial charge in [0.15, 0.2) is 0 Å². The van der Waals surface area contributed by atoms with Gasteiger partial charge in [-0.3, -0.25) is 4.79 Å². The van der Waals surface area contributed by atoms with E-state index in [1.165, 1.54) is 0 Å². The molecule has 1 amide bonds. The largest absolute Gasteiger partial charge is 0.343 e. The van der Waals surface area contributed by atoms with Crippen LogP contribution in [0.2, 0.25) is 0 Å². The average molecular weight is 205 g/mol. The molecule has 1 aliphatic heterocycles. The Balaban J connectivity index is 2.23. The van der Waals surface area contributed by atoms with Crippen LogP contribution in [0.5, 0.6) is 0 Å². The fourth-order valence-electron chi connectivity index (χ4n) is 1.53. The predicted octanol–water partition coefficient (Wildman–Crippen LogP) is 0.955. The van der Waals surface area contributed by atoms with Crippen molar-refractivity contribution in [2.45, 2.75) is 31.7 Å². The van der Waals surface area contributed by atoms with Gasteiger partial charge in [0.05, 0.1) is 0 Å². The van der Waals surface area contributed by atoms with E-state index in [1.54, 1.807) is 0 Å². The molecular weight excluding hydrogens is 188 g/mol. The normalized spacial score (nSPS) is 19.1. The van der Waals surface area contributed by atoms with Crippen LogP contribution in [0.4, 0.5) is 0 Å². The van der Waals surface area contributed by atoms with E-state index in [-0.39, 0.29) is 11.9 Å². The van der Waals surface area contributed by atoms with Gasteiger partial charge in [0.2, 0.25) is 5.91 Å². The van der Waals surface area contributed by atoms with Gasteiger partial charge in [-0.05, 0) is 19.3 Å². The van der Waals surface area contributed by atoms with Crippen molar-refractivity contribution in [1.82, 2.24) is 4.90 Å². The zero-order valence-corrected chi connectivity index (χ0v) is 8.59. The summed E-state index contributed by atoms with van der Waals surface area (Å²) in [4.78, 5) is 13.4. The second-order valence-electron chi connectivity index (χ2n) is 3.51. The van der Waals surface area contributed by atoms with Crippen molar-refractivity contribution in [3.8, 4) is 0 Å². The molecule has 76 valence electrons. The van der Waals surface area contributed by atoms with E-state index >= 15 is 0 Å². The van der Waals surface area contributed by atoms with Crippen LogP contribution in [-0.2, 0) is 4.79 Å². The van der Waals surface area contributed by atoms with Gasteiger partial charge in [0.1, 0.15) is 0 Å². The van der Waals surface area contributed by atoms with E-state index in [0.29, 0.717) is 12.3 Å². The molecular formula is C9H17ClN2O. The summed E-state index contributed by atoms with van der Waals surface area (Å²) in [5.41, 5.74) is 5.74. The third-order valence-electron chi connectivity index (χ3n) is 2.42. The van der Waals surface area contributed by atoms with E-state index in [9.17, 15) is 4.79 Å². The van der Waals surface area contributed by atoms with E-state index in [0.717, 1.165) is 32.4 Å². The number of amides is 1. The molecule has 0 aromatic rings. The highest BCUT2D eigenvalue weighted by Crippen LogP contribution is 2.10. The van der Waals surface area contributed by atoms with Crippen LogP contribution in [0.15, 0.2) is 0 Å². The summed E-state index contributed by atoms with van der Waals surface area (Å²) in [6, 6.07) is 0.289. The number of alkyl halides is 1. The van der Waals surface area contributed by atoms with Gasteiger partial charge in [0.25, 0.3) is 0 Å². The number of piperidine rings is 1. The molecule has 1 heterocycles. The Labute approximate surface area is 84.2 Å². The molecule has 1 rings (SSSR count). The number of rotatable bonds is 3. The first-order valence-electron chi connectivity index (χ1n) is 4.83. The maximum absolute atomic E-state index is 11.5. The van der Waals surface area contributed by atoms with Crippen LogP contribution >= 0.6 is 11.6 Å². The molecule has 0 aromatic carbocycles. The highest BCUT2D eigenvalue weighted by atomic mass is 35.5. The highest BCUT2D eigenvalue weighted by Gasteiger charge is 2.19. The van der Waals surface area contributed by atoms with Gasteiger partial charge < -0.3 is 10.6 Å². The van der Waals surface area contributed by atoms with Crippen LogP contribution in [-0.4, -0.2) is 35.8 Å². The molecule has 0 atom stereocenters. The number of nitrogens with two attached hydrogens (primary N) is 1. The lowest BCUT2D eigenvalue weighted by atomic mass is 10.1. The molecule has 1 aliphatic rings. The average Bonchev–Trinajstić information content (AvgIpc) is 2.15. The van der Waals surface area contributed by atoms with Crippen molar-refractivity contribution in [2.75, 3.05) is 19.0 Å². The lowest BCUT2D eigenvalue weighted by Gasteiger charge is -2.30. The minimum absolute atomic E-state index is 0.229. The molecule has 0 aliphatic carbocycles. The minimum Gasteiger partial charge on any atom is -0.343 e. The van der Waals surface area contributed by atoms with Crippen molar-refractivity contribution >= 4 is 17.5 Å². The summed E-state index contributed by atoms with van der Waals surface area (Å²) in [7, 11) is 0. The Morgan fingerprint density at radius 1 is 1.46 bits per heavy atom. The van der Waals surface area contributed by atoms with E-state index in [2.05, 4.69) is 0 Å². The van der Waals surface area contributed by atoms with E-state index in [1.807, 2.05) is 4.90 Å². The molecule has 4 heteroatoms. The number of nitrogens with zero attached hydrogens (tertiary/aromatic N) is 1. The molecule has 0 aromatic heterocycles. The maximum atomic E-state index is 11.5. The van der Waals surface area contributed by atoms with Gasteiger partial charge in [-0.15, -0.1) is 11.6 Å². The summed E-state index contributed by atoms with van der Waals surface area (Å²) in [6.07, 6.45) is 3.24. The second-order valence-corrected chi connectivity index (χ2v) is 3.89. The Hall–Kier alpha value is -0.280. The van der Waals surface area contributed by atoms with Crippen LogP contribution < -0.4 is 5.73 Å². The fourth-order valence-corrected chi connectivity index (χ4v) is 1.66. The van der Waals surface area contributed by atoms with Crippen LogP contribution in [0, 0.1) is 0 Å². The molecule has 0 spiro atoms. The zero-order valence-electron chi connectivity index (χ0n) is 7.84. The van der Waals surface area contributed by atoms with Gasteiger partial charge in [-0.2, -0.15) is 0 Å². The Morgan fingerprint density at radius 2 is 2.08 bits per heavy atom. The van der Waals surface area contributed by atoms with Crippen molar-refractivity contribution in [3.05, 3.63) is 0 Å². The highest BCUT2D eigenvalue weighted by molar-refractivity contribution is 6.17. The summed E-state index contributed by atoms with van der Waals surface area (Å²) >= 11 is 5.52. The monoisotopic (exact) mass is 204 g/mol. The zero-order chi connectivity index (χ0) is 9.68. The fraction of sp³-hybridized carbons (Fsp3) is 0.889. The predicted molar refractivity (Wildman–Crippen MR) is 53.7 cm³/mol. The number of hydrogen-bond acceptors (Lipinski definition) is 2. The molecule has 0 bridgehead atoms. The van der Waals surface area contributed by atoms with Crippen LogP contribution in [0.1, 0.15) is 25.7 Å². The third kappa shape index (κ3) is 3.53. The van der Waals surface area contributed by atoms with Gasteiger partial charge in [-0.25, -0.2) is 0 Å². The summed E-state index contributed by atoms with van der Waals surface area (Å²) in [6.45, 7) is 1.64. The number of carbonyl (C=O) groups is 1. The standard InChI is InChI=1S/C9H17ClN2O/c10-5-1-2-9(13)12-6-3-8(11)4-7-12/h8H,1-7,11H2. The number of carbonyl (C=O) groups excluding carboxylic acids is 1. The molecule has 0 radical (unpaired) electrons. The topological polar surface area (TPSA) is 46.3 Å². The van der Waals surface area contributed by atoms with Crippen molar-refractivity contribution in [2.24, 2.45) is 5.73 Å². The van der Waals surface area contributed by atoms with Gasteiger partial charge in [0, 0.05) is 31.4 Å². The lowest BCUT2D eigenvalue weighted by molar-refractivity contribution is -0.132. The Kier molecular flexibility index (Phi) is 4.53. The SMILES string of the molecule is NC1CCN(C(=O)CCCCl)CC1. The summed E-state index contributed by atoms with van der Waals surface area (Å²) < 4.78 is 0. The minimum atomic E-state index is 0.229. The first-order valence-corrected chi connectivity index (χ1v) is 5.37. The molecule has 0 unspecified atom stereocenters. The quantitative estimate of drug-likeness (QED) is 0.696. The van der Waals surface area contributed by atoms with Crippen molar-refractivity contribution < 1.29 is 4.79 Å². The van der Waals surface area contributed by atoms with Gasteiger partial charge in [-0.1, -0.05) is 0 Å².